The predicted octanol–water partition coefficient (Wildman–Crippen LogP) is 1.21. The third kappa shape index (κ3) is 1.05. The van der Waals surface area contributed by atoms with Crippen LogP contribution in [0.5, 0.6) is 0 Å². The van der Waals surface area contributed by atoms with Gasteiger partial charge in [-0.2, -0.15) is 0 Å². The van der Waals surface area contributed by atoms with Crippen LogP contribution in [-0.4, -0.2) is 16.1 Å². The third-order valence-electron chi connectivity index (χ3n) is 3.59. The van der Waals surface area contributed by atoms with Gasteiger partial charge in [0.15, 0.2) is 0 Å². The average molecular weight is 191 g/mol. The van der Waals surface area contributed by atoms with E-state index in [0.717, 1.165) is 13.0 Å². The van der Waals surface area contributed by atoms with E-state index in [1.807, 2.05) is 0 Å². The smallest absolute Gasteiger partial charge is 0.109 e. The second-order valence-electron chi connectivity index (χ2n) is 4.44. The fraction of sp³-hybridized carbons (Fsp3) is 0.727. The fourth-order valence-corrected chi connectivity index (χ4v) is 2.88. The van der Waals surface area contributed by atoms with Gasteiger partial charge in [-0.25, -0.2) is 4.98 Å². The molecule has 2 heterocycles. The minimum absolute atomic E-state index is 0.587. The normalized spacial score (nSPS) is 24.8. The number of rotatable bonds is 1. The molecule has 0 amide bonds. The number of fused-ring (bicyclic) bond motifs is 3. The molecule has 0 spiro atoms. The lowest BCUT2D eigenvalue weighted by atomic mass is 10.1. The van der Waals surface area contributed by atoms with E-state index in [0.29, 0.717) is 5.92 Å². The zero-order chi connectivity index (χ0) is 9.54. The molecule has 1 atom stereocenters. The maximum absolute atomic E-state index is 5.80. The van der Waals surface area contributed by atoms with Crippen LogP contribution in [-0.2, 0) is 19.4 Å². The molecular formula is C11H17N3. The Hall–Kier alpha value is -0.830. The first kappa shape index (κ1) is 8.48. The first-order valence-electron chi connectivity index (χ1n) is 5.68. The molecule has 0 saturated carbocycles. The Balaban J connectivity index is 2.08. The first-order valence-corrected chi connectivity index (χ1v) is 5.68. The highest BCUT2D eigenvalue weighted by Crippen LogP contribution is 2.34. The Kier molecular flexibility index (Phi) is 1.87. The standard InChI is InChI=1S/C11H17N3/c12-7-8-4-5-9-11(8)14-6-2-1-3-10(14)13-9/h8H,1-7,12H2. The van der Waals surface area contributed by atoms with E-state index in [2.05, 4.69) is 4.57 Å². The predicted molar refractivity (Wildman–Crippen MR) is 55.3 cm³/mol. The number of imidazole rings is 1. The second kappa shape index (κ2) is 3.09. The average Bonchev–Trinajstić information content (AvgIpc) is 2.75. The molecule has 3 heteroatoms. The summed E-state index contributed by atoms with van der Waals surface area (Å²) in [6.07, 6.45) is 6.16. The van der Waals surface area contributed by atoms with E-state index in [4.69, 9.17) is 10.7 Å². The van der Waals surface area contributed by atoms with Gasteiger partial charge in [-0.15, -0.1) is 0 Å². The molecule has 3 nitrogen and oxygen atoms in total. The van der Waals surface area contributed by atoms with Gasteiger partial charge in [-0.05, 0) is 25.7 Å². The van der Waals surface area contributed by atoms with E-state index in [1.54, 1.807) is 0 Å². The third-order valence-corrected chi connectivity index (χ3v) is 3.59. The highest BCUT2D eigenvalue weighted by atomic mass is 15.1. The monoisotopic (exact) mass is 191 g/mol. The molecule has 0 fully saturated rings. The van der Waals surface area contributed by atoms with Gasteiger partial charge in [0.05, 0.1) is 5.69 Å². The maximum Gasteiger partial charge on any atom is 0.109 e. The SMILES string of the molecule is NCC1CCc2nc3n(c21)CCCC3. The van der Waals surface area contributed by atoms with Crippen LogP contribution in [0.2, 0.25) is 0 Å². The summed E-state index contributed by atoms with van der Waals surface area (Å²) >= 11 is 0. The molecule has 76 valence electrons. The van der Waals surface area contributed by atoms with E-state index >= 15 is 0 Å². The van der Waals surface area contributed by atoms with Crippen LogP contribution in [0, 0.1) is 0 Å². The Morgan fingerprint density at radius 3 is 3.14 bits per heavy atom. The topological polar surface area (TPSA) is 43.8 Å². The number of hydrogen-bond donors (Lipinski definition) is 1. The Bertz CT molecular complexity index is 354. The summed E-state index contributed by atoms with van der Waals surface area (Å²) in [6.45, 7) is 1.96. The highest BCUT2D eigenvalue weighted by Gasteiger charge is 2.29. The fourth-order valence-electron chi connectivity index (χ4n) is 2.88. The van der Waals surface area contributed by atoms with E-state index < -0.39 is 0 Å². The van der Waals surface area contributed by atoms with Gasteiger partial charge >= 0.3 is 0 Å². The molecule has 14 heavy (non-hydrogen) atoms. The van der Waals surface area contributed by atoms with Crippen molar-refractivity contribution >= 4 is 0 Å². The van der Waals surface area contributed by atoms with Gasteiger partial charge < -0.3 is 10.3 Å². The number of aryl methyl sites for hydroxylation is 2. The van der Waals surface area contributed by atoms with Crippen LogP contribution in [0.3, 0.4) is 0 Å². The zero-order valence-corrected chi connectivity index (χ0v) is 8.50. The van der Waals surface area contributed by atoms with E-state index in [1.165, 1.54) is 49.4 Å². The lowest BCUT2D eigenvalue weighted by Crippen LogP contribution is -2.18. The summed E-state index contributed by atoms with van der Waals surface area (Å²) < 4.78 is 2.45. The van der Waals surface area contributed by atoms with Crippen LogP contribution >= 0.6 is 0 Å². The van der Waals surface area contributed by atoms with Gasteiger partial charge in [0.25, 0.3) is 0 Å². The van der Waals surface area contributed by atoms with E-state index in [-0.39, 0.29) is 0 Å². The summed E-state index contributed by atoms with van der Waals surface area (Å²) in [5.74, 6) is 1.91. The zero-order valence-electron chi connectivity index (χ0n) is 8.50. The van der Waals surface area contributed by atoms with Crippen molar-refractivity contribution in [1.29, 1.82) is 0 Å². The number of hydrogen-bond acceptors (Lipinski definition) is 2. The van der Waals surface area contributed by atoms with Gasteiger partial charge in [-0.3, -0.25) is 0 Å². The van der Waals surface area contributed by atoms with Crippen LogP contribution < -0.4 is 5.73 Å². The molecule has 1 aliphatic heterocycles. The van der Waals surface area contributed by atoms with Gasteiger partial charge in [0, 0.05) is 31.1 Å². The van der Waals surface area contributed by atoms with Crippen LogP contribution in [0.25, 0.3) is 0 Å². The summed E-state index contributed by atoms with van der Waals surface area (Å²) in [7, 11) is 0. The molecule has 0 saturated heterocycles. The molecule has 2 N–H and O–H groups in total. The molecular weight excluding hydrogens is 174 g/mol. The number of aromatic nitrogens is 2. The lowest BCUT2D eigenvalue weighted by Gasteiger charge is -2.18. The van der Waals surface area contributed by atoms with Crippen molar-refractivity contribution in [2.75, 3.05) is 6.54 Å². The van der Waals surface area contributed by atoms with Gasteiger partial charge in [0.1, 0.15) is 5.82 Å². The van der Waals surface area contributed by atoms with Crippen LogP contribution in [0.15, 0.2) is 0 Å². The quantitative estimate of drug-likeness (QED) is 0.725. The Morgan fingerprint density at radius 1 is 1.36 bits per heavy atom. The van der Waals surface area contributed by atoms with Crippen molar-refractivity contribution in [3.8, 4) is 0 Å². The molecule has 0 aromatic carbocycles. The molecule has 1 aromatic heterocycles. The number of nitrogens with zero attached hydrogens (tertiary/aromatic N) is 2. The molecule has 2 aliphatic rings. The Morgan fingerprint density at radius 2 is 2.29 bits per heavy atom. The maximum atomic E-state index is 5.80. The molecule has 1 aromatic rings. The minimum Gasteiger partial charge on any atom is -0.331 e. The first-order chi connectivity index (χ1) is 6.90. The lowest BCUT2D eigenvalue weighted by molar-refractivity contribution is 0.490. The highest BCUT2D eigenvalue weighted by molar-refractivity contribution is 5.28. The molecule has 0 radical (unpaired) electrons. The van der Waals surface area contributed by atoms with Crippen molar-refractivity contribution in [2.45, 2.75) is 44.6 Å². The van der Waals surface area contributed by atoms with Crippen LogP contribution in [0.4, 0.5) is 0 Å². The minimum atomic E-state index is 0.587. The van der Waals surface area contributed by atoms with Gasteiger partial charge in [-0.1, -0.05) is 0 Å². The van der Waals surface area contributed by atoms with Crippen LogP contribution in [0.1, 0.15) is 42.4 Å². The summed E-state index contributed by atoms with van der Waals surface area (Å²) in [6, 6.07) is 0. The van der Waals surface area contributed by atoms with Crippen molar-refractivity contribution in [3.05, 3.63) is 17.2 Å². The molecule has 0 bridgehead atoms. The summed E-state index contributed by atoms with van der Waals surface area (Å²) in [5.41, 5.74) is 8.62. The largest absolute Gasteiger partial charge is 0.331 e. The Labute approximate surface area is 84.3 Å². The summed E-state index contributed by atoms with van der Waals surface area (Å²) in [4.78, 5) is 4.74. The van der Waals surface area contributed by atoms with Crippen molar-refractivity contribution in [2.24, 2.45) is 5.73 Å². The molecule has 3 rings (SSSR count). The molecule has 1 unspecified atom stereocenters. The van der Waals surface area contributed by atoms with Crippen molar-refractivity contribution in [3.63, 3.8) is 0 Å². The van der Waals surface area contributed by atoms with E-state index in [9.17, 15) is 0 Å². The van der Waals surface area contributed by atoms with Crippen molar-refractivity contribution in [1.82, 2.24) is 9.55 Å². The molecule has 1 aliphatic carbocycles. The van der Waals surface area contributed by atoms with Crippen molar-refractivity contribution < 1.29 is 0 Å². The number of nitrogens with two attached hydrogens (primary N) is 1. The second-order valence-corrected chi connectivity index (χ2v) is 4.44. The van der Waals surface area contributed by atoms with Gasteiger partial charge in [0.2, 0.25) is 0 Å². The summed E-state index contributed by atoms with van der Waals surface area (Å²) in [5, 5.41) is 0.